The van der Waals surface area contributed by atoms with Gasteiger partial charge >= 0.3 is 6.18 Å². The van der Waals surface area contributed by atoms with Crippen molar-refractivity contribution in [2.75, 3.05) is 0 Å². The Morgan fingerprint density at radius 2 is 1.04 bits per heavy atom. The van der Waals surface area contributed by atoms with Crippen molar-refractivity contribution in [3.63, 3.8) is 0 Å². The van der Waals surface area contributed by atoms with E-state index in [9.17, 15) is 13.2 Å². The highest BCUT2D eigenvalue weighted by atomic mass is 32.2. The summed E-state index contributed by atoms with van der Waals surface area (Å²) in [5.41, 5.74) is 1.32. The highest BCUT2D eigenvalue weighted by Gasteiger charge is 2.24. The van der Waals surface area contributed by atoms with Crippen molar-refractivity contribution in [1.29, 1.82) is 0 Å². The van der Waals surface area contributed by atoms with Crippen LogP contribution in [-0.4, -0.2) is 6.18 Å². The smallest absolute Gasteiger partial charge is 0.171 e. The molecule has 27 heavy (non-hydrogen) atoms. The monoisotopic (exact) mass is 390 g/mol. The van der Waals surface area contributed by atoms with E-state index in [1.54, 1.807) is 11.8 Å². The average molecular weight is 391 g/mol. The molecule has 0 saturated heterocycles. The third-order valence-corrected chi connectivity index (χ3v) is 4.21. The summed E-state index contributed by atoms with van der Waals surface area (Å²) in [6, 6.07) is 31.1. The molecule has 0 unspecified atom stereocenters. The summed E-state index contributed by atoms with van der Waals surface area (Å²) in [5.74, 6) is 0. The van der Waals surface area contributed by atoms with Gasteiger partial charge in [0.25, 0.3) is 0 Å². The Bertz CT molecular complexity index is 673. The molecule has 0 fully saturated rings. The summed E-state index contributed by atoms with van der Waals surface area (Å²) in [6.07, 6.45) is -4.43. The fourth-order valence-corrected chi connectivity index (χ4v) is 2.79. The molecule has 0 aliphatic heterocycles. The quantitative estimate of drug-likeness (QED) is 0.434. The summed E-state index contributed by atoms with van der Waals surface area (Å²) < 4.78 is 33.2. The molecule has 3 aromatic carbocycles. The summed E-state index contributed by atoms with van der Waals surface area (Å²) in [5, 5.41) is 0. The van der Waals surface area contributed by atoms with Gasteiger partial charge in [0.1, 0.15) is 0 Å². The van der Waals surface area contributed by atoms with E-state index in [2.05, 4.69) is 67.6 Å². The molecule has 0 bridgehead atoms. The zero-order chi connectivity index (χ0) is 20.0. The summed E-state index contributed by atoms with van der Waals surface area (Å²) >= 11 is 1.79. The molecule has 0 spiro atoms. The molecule has 4 heteroatoms. The van der Waals surface area contributed by atoms with E-state index in [1.165, 1.54) is 22.3 Å². The number of benzene rings is 3. The molecular formula is C23H25F3S. The van der Waals surface area contributed by atoms with E-state index in [1.807, 2.05) is 30.3 Å². The van der Waals surface area contributed by atoms with Crippen molar-refractivity contribution in [2.24, 2.45) is 0 Å². The third kappa shape index (κ3) is 12.7. The minimum absolute atomic E-state index is 0.184. The van der Waals surface area contributed by atoms with E-state index in [-0.39, 0.29) is 6.42 Å². The standard InChI is InChI=1S/C12H10S.C7H8.C4H7F3/c1-3-7-11(8-4-1)13-12-9-5-2-6-10-12;1-7-5-3-2-4-6-7;1-2-3-4(5,6)7/h1-10H;2-6H,1H3;2-3H2,1H3. The molecule has 0 N–H and O–H groups in total. The molecule has 3 rings (SSSR count). The van der Waals surface area contributed by atoms with Crippen LogP contribution in [0, 0.1) is 6.92 Å². The summed E-state index contributed by atoms with van der Waals surface area (Å²) in [7, 11) is 0. The Balaban J connectivity index is 0.000000223. The predicted octanol–water partition coefficient (Wildman–Crippen LogP) is 8.18. The SMILES string of the molecule is CCCC(F)(F)F.Cc1ccccc1.c1ccc(Sc2ccccc2)cc1. The zero-order valence-electron chi connectivity index (χ0n) is 15.6. The van der Waals surface area contributed by atoms with E-state index >= 15 is 0 Å². The molecule has 0 heterocycles. The van der Waals surface area contributed by atoms with Crippen LogP contribution in [0.5, 0.6) is 0 Å². The lowest BCUT2D eigenvalue weighted by atomic mass is 10.2. The van der Waals surface area contributed by atoms with Crippen LogP contribution in [0.15, 0.2) is 101 Å². The second-order valence-corrected chi connectivity index (χ2v) is 6.89. The van der Waals surface area contributed by atoms with Crippen molar-refractivity contribution in [1.82, 2.24) is 0 Å². The van der Waals surface area contributed by atoms with Crippen LogP contribution in [0.4, 0.5) is 13.2 Å². The van der Waals surface area contributed by atoms with E-state index < -0.39 is 12.6 Å². The highest BCUT2D eigenvalue weighted by molar-refractivity contribution is 7.99. The molecule has 144 valence electrons. The van der Waals surface area contributed by atoms with Gasteiger partial charge in [0.05, 0.1) is 0 Å². The molecular weight excluding hydrogens is 365 g/mol. The first-order chi connectivity index (χ1) is 12.9. The van der Waals surface area contributed by atoms with Gasteiger partial charge in [0, 0.05) is 16.2 Å². The second-order valence-electron chi connectivity index (χ2n) is 5.75. The molecule has 0 radical (unpaired) electrons. The number of hydrogen-bond donors (Lipinski definition) is 0. The maximum atomic E-state index is 11.1. The van der Waals surface area contributed by atoms with Crippen LogP contribution in [0.25, 0.3) is 0 Å². The first-order valence-electron chi connectivity index (χ1n) is 8.77. The summed E-state index contributed by atoms with van der Waals surface area (Å²) in [6.45, 7) is 3.59. The van der Waals surface area contributed by atoms with Gasteiger partial charge in [-0.3, -0.25) is 0 Å². The van der Waals surface area contributed by atoms with E-state index in [0.29, 0.717) is 0 Å². The molecule has 0 aliphatic rings. The van der Waals surface area contributed by atoms with Gasteiger partial charge in [-0.05, 0) is 37.6 Å². The normalized spacial score (nSPS) is 10.1. The number of halogens is 3. The minimum atomic E-state index is -3.95. The first kappa shape index (κ1) is 22.8. The lowest BCUT2D eigenvalue weighted by Crippen LogP contribution is -2.04. The van der Waals surface area contributed by atoms with Crippen LogP contribution < -0.4 is 0 Å². The van der Waals surface area contributed by atoms with E-state index in [0.717, 1.165) is 0 Å². The van der Waals surface area contributed by atoms with Crippen molar-refractivity contribution in [3.05, 3.63) is 96.6 Å². The van der Waals surface area contributed by atoms with Crippen molar-refractivity contribution >= 4 is 11.8 Å². The van der Waals surface area contributed by atoms with E-state index in [4.69, 9.17) is 0 Å². The number of aryl methyl sites for hydroxylation is 1. The second kappa shape index (κ2) is 13.0. The number of alkyl halides is 3. The van der Waals surface area contributed by atoms with Crippen LogP contribution in [0.1, 0.15) is 25.3 Å². The molecule has 0 saturated carbocycles. The Morgan fingerprint density at radius 1 is 0.667 bits per heavy atom. The highest BCUT2D eigenvalue weighted by Crippen LogP contribution is 2.26. The van der Waals surface area contributed by atoms with Crippen molar-refractivity contribution < 1.29 is 13.2 Å². The van der Waals surface area contributed by atoms with Gasteiger partial charge in [-0.2, -0.15) is 13.2 Å². The lowest BCUT2D eigenvalue weighted by Gasteiger charge is -2.00. The van der Waals surface area contributed by atoms with Gasteiger partial charge in [-0.1, -0.05) is 91.0 Å². The lowest BCUT2D eigenvalue weighted by molar-refractivity contribution is -0.134. The maximum Gasteiger partial charge on any atom is 0.389 e. The Hall–Kier alpha value is -2.20. The topological polar surface area (TPSA) is 0 Å². The first-order valence-corrected chi connectivity index (χ1v) is 9.58. The van der Waals surface area contributed by atoms with Crippen LogP contribution in [-0.2, 0) is 0 Å². The van der Waals surface area contributed by atoms with Gasteiger partial charge < -0.3 is 0 Å². The molecule has 3 aromatic rings. The summed E-state index contributed by atoms with van der Waals surface area (Å²) in [4.78, 5) is 2.57. The molecule has 0 atom stereocenters. The maximum absolute atomic E-state index is 11.1. The fraction of sp³-hybridized carbons (Fsp3) is 0.217. The van der Waals surface area contributed by atoms with Crippen molar-refractivity contribution in [3.8, 4) is 0 Å². The zero-order valence-corrected chi connectivity index (χ0v) is 16.4. The van der Waals surface area contributed by atoms with Crippen molar-refractivity contribution in [2.45, 2.75) is 42.7 Å². The Labute approximate surface area is 164 Å². The molecule has 0 aromatic heterocycles. The number of rotatable bonds is 3. The van der Waals surface area contributed by atoms with Crippen LogP contribution in [0.3, 0.4) is 0 Å². The predicted molar refractivity (Wildman–Crippen MR) is 109 cm³/mol. The van der Waals surface area contributed by atoms with Crippen LogP contribution in [0.2, 0.25) is 0 Å². The van der Waals surface area contributed by atoms with Gasteiger partial charge in [0.15, 0.2) is 0 Å². The fourth-order valence-electron chi connectivity index (χ4n) is 1.93. The molecule has 0 nitrogen and oxygen atoms in total. The Morgan fingerprint density at radius 3 is 1.26 bits per heavy atom. The van der Waals surface area contributed by atoms with Gasteiger partial charge in [0.2, 0.25) is 0 Å². The largest absolute Gasteiger partial charge is 0.389 e. The average Bonchev–Trinajstić information content (AvgIpc) is 2.64. The minimum Gasteiger partial charge on any atom is -0.171 e. The van der Waals surface area contributed by atoms with Gasteiger partial charge in [-0.15, -0.1) is 0 Å². The van der Waals surface area contributed by atoms with Gasteiger partial charge in [-0.25, -0.2) is 0 Å². The molecule has 0 amide bonds. The number of hydrogen-bond acceptors (Lipinski definition) is 1. The Kier molecular flexibility index (Phi) is 11.0. The van der Waals surface area contributed by atoms with Crippen LogP contribution >= 0.6 is 11.8 Å². The third-order valence-electron chi connectivity index (χ3n) is 3.20. The molecule has 0 aliphatic carbocycles.